The molecule has 1 aliphatic rings. The summed E-state index contributed by atoms with van der Waals surface area (Å²) in [6.45, 7) is 3.33. The van der Waals surface area contributed by atoms with Gasteiger partial charge < -0.3 is 15.2 Å². The second-order valence-corrected chi connectivity index (χ2v) is 9.73. The van der Waals surface area contributed by atoms with Gasteiger partial charge in [-0.3, -0.25) is 9.48 Å². The fourth-order valence-corrected chi connectivity index (χ4v) is 4.52. The van der Waals surface area contributed by atoms with E-state index in [1.54, 1.807) is 26.0 Å². The van der Waals surface area contributed by atoms with Crippen LogP contribution >= 0.6 is 23.2 Å². The number of carbonyl (C=O) groups is 2. The van der Waals surface area contributed by atoms with Crippen molar-refractivity contribution in [3.05, 3.63) is 57.7 Å². The number of nitrogens with zero attached hydrogens (tertiary/aromatic N) is 2. The van der Waals surface area contributed by atoms with Crippen LogP contribution in [0.4, 0.5) is 5.69 Å². The highest BCUT2D eigenvalue weighted by Crippen LogP contribution is 2.35. The predicted octanol–water partition coefficient (Wildman–Crippen LogP) is 5.75. The van der Waals surface area contributed by atoms with Gasteiger partial charge in [-0.05, 0) is 69.9 Å². The number of aldehydes is 1. The summed E-state index contributed by atoms with van der Waals surface area (Å²) >= 11 is 12.0. The minimum Gasteiger partial charge on any atom is -0.386 e. The lowest BCUT2D eigenvalue weighted by Crippen LogP contribution is -2.21. The largest absolute Gasteiger partial charge is 0.386 e. The average molecular weight is 474 g/mol. The molecule has 0 atom stereocenters. The molecule has 0 aliphatic heterocycles. The Balaban J connectivity index is 1.67. The van der Waals surface area contributed by atoms with Gasteiger partial charge in [0.05, 0.1) is 27.2 Å². The topological polar surface area (TPSA) is 84.2 Å². The van der Waals surface area contributed by atoms with E-state index in [0.717, 1.165) is 42.9 Å². The van der Waals surface area contributed by atoms with E-state index in [0.29, 0.717) is 26.9 Å². The fraction of sp³-hybridized carbons (Fsp3) is 0.375. The lowest BCUT2D eigenvalue weighted by molar-refractivity contribution is -0.112. The van der Waals surface area contributed by atoms with Gasteiger partial charge in [0.2, 0.25) is 0 Å². The molecule has 1 aliphatic carbocycles. The first-order valence-electron chi connectivity index (χ1n) is 10.6. The standard InChI is InChI=1S/C24H25Cl2N3O3/c1-24(2,32)18-11-21-16(12-29(28-21)17-6-3-14(13-30)4-7-17)10-22(18)27-23(31)15-5-8-19(25)20(26)9-15/h5,8-14,17,32H,3-4,6-7H2,1-2H3,(H,27,31)/t14-,17-. The Morgan fingerprint density at radius 2 is 1.88 bits per heavy atom. The van der Waals surface area contributed by atoms with Crippen LogP contribution in [-0.4, -0.2) is 27.1 Å². The van der Waals surface area contributed by atoms with Crippen LogP contribution in [0.15, 0.2) is 36.5 Å². The molecule has 2 aromatic carbocycles. The smallest absolute Gasteiger partial charge is 0.255 e. The highest BCUT2D eigenvalue weighted by Gasteiger charge is 2.26. The maximum Gasteiger partial charge on any atom is 0.255 e. The summed E-state index contributed by atoms with van der Waals surface area (Å²) in [6.07, 6.45) is 6.54. The van der Waals surface area contributed by atoms with Gasteiger partial charge in [0.1, 0.15) is 6.29 Å². The van der Waals surface area contributed by atoms with E-state index in [9.17, 15) is 14.7 Å². The lowest BCUT2D eigenvalue weighted by atomic mass is 9.87. The van der Waals surface area contributed by atoms with E-state index in [4.69, 9.17) is 28.3 Å². The summed E-state index contributed by atoms with van der Waals surface area (Å²) in [6, 6.07) is 8.56. The van der Waals surface area contributed by atoms with Crippen LogP contribution in [0.1, 0.15) is 61.5 Å². The normalized spacial score (nSPS) is 19.2. The number of nitrogens with one attached hydrogen (secondary N) is 1. The van der Waals surface area contributed by atoms with E-state index in [2.05, 4.69) is 5.32 Å². The van der Waals surface area contributed by atoms with Gasteiger partial charge in [-0.1, -0.05) is 23.2 Å². The van der Waals surface area contributed by atoms with E-state index in [-0.39, 0.29) is 17.9 Å². The lowest BCUT2D eigenvalue weighted by Gasteiger charge is -2.25. The van der Waals surface area contributed by atoms with Crippen LogP contribution in [-0.2, 0) is 10.4 Å². The van der Waals surface area contributed by atoms with Crippen LogP contribution in [0, 0.1) is 5.92 Å². The summed E-state index contributed by atoms with van der Waals surface area (Å²) in [4.78, 5) is 23.9. The van der Waals surface area contributed by atoms with E-state index < -0.39 is 5.60 Å². The Hall–Kier alpha value is -2.41. The van der Waals surface area contributed by atoms with Gasteiger partial charge in [0.15, 0.2) is 0 Å². The maximum absolute atomic E-state index is 12.9. The van der Waals surface area contributed by atoms with Crippen LogP contribution < -0.4 is 5.32 Å². The molecule has 6 nitrogen and oxygen atoms in total. The number of rotatable bonds is 5. The molecule has 1 aromatic heterocycles. The van der Waals surface area contributed by atoms with Crippen molar-refractivity contribution in [2.75, 3.05) is 5.32 Å². The Kier molecular flexibility index (Phi) is 6.30. The number of halogens is 2. The van der Waals surface area contributed by atoms with Crippen molar-refractivity contribution in [3.63, 3.8) is 0 Å². The zero-order valence-electron chi connectivity index (χ0n) is 17.9. The number of anilines is 1. The Labute approximate surface area is 196 Å². The molecule has 32 heavy (non-hydrogen) atoms. The first-order chi connectivity index (χ1) is 15.2. The van der Waals surface area contributed by atoms with Gasteiger partial charge in [0, 0.05) is 34.3 Å². The first-order valence-corrected chi connectivity index (χ1v) is 11.4. The molecule has 3 aromatic rings. The quantitative estimate of drug-likeness (QED) is 0.461. The molecular formula is C24H25Cl2N3O3. The third kappa shape index (κ3) is 4.68. The summed E-state index contributed by atoms with van der Waals surface area (Å²) in [5.41, 5.74) is 0.981. The SMILES string of the molecule is CC(C)(O)c1cc2nn([C@H]3CC[C@H](C=O)CC3)cc2cc1NC(=O)c1ccc(Cl)c(Cl)c1. The minimum absolute atomic E-state index is 0.140. The van der Waals surface area contributed by atoms with Crippen LogP contribution in [0.25, 0.3) is 10.9 Å². The molecule has 168 valence electrons. The number of aliphatic hydroxyl groups is 1. The molecule has 1 heterocycles. The van der Waals surface area contributed by atoms with Crippen molar-refractivity contribution in [2.45, 2.75) is 51.2 Å². The number of benzene rings is 2. The van der Waals surface area contributed by atoms with Crippen LogP contribution in [0.2, 0.25) is 10.0 Å². The number of hydrogen-bond acceptors (Lipinski definition) is 4. The number of fused-ring (bicyclic) bond motifs is 1. The summed E-state index contributed by atoms with van der Waals surface area (Å²) in [5.74, 6) is -0.214. The Morgan fingerprint density at radius 3 is 2.50 bits per heavy atom. The Bertz CT molecular complexity index is 1180. The van der Waals surface area contributed by atoms with E-state index in [1.807, 2.05) is 23.0 Å². The zero-order chi connectivity index (χ0) is 23.0. The number of carbonyl (C=O) groups excluding carboxylic acids is 2. The van der Waals surface area contributed by atoms with Crippen molar-refractivity contribution < 1.29 is 14.7 Å². The van der Waals surface area contributed by atoms with Crippen molar-refractivity contribution in [3.8, 4) is 0 Å². The molecule has 0 saturated heterocycles. The molecule has 0 unspecified atom stereocenters. The molecule has 1 saturated carbocycles. The van der Waals surface area contributed by atoms with Gasteiger partial charge in [-0.2, -0.15) is 5.10 Å². The highest BCUT2D eigenvalue weighted by molar-refractivity contribution is 6.42. The molecule has 1 amide bonds. The van der Waals surface area contributed by atoms with Crippen molar-refractivity contribution in [2.24, 2.45) is 5.92 Å². The third-order valence-corrected chi connectivity index (χ3v) is 6.80. The van der Waals surface area contributed by atoms with Gasteiger partial charge in [-0.25, -0.2) is 0 Å². The zero-order valence-corrected chi connectivity index (χ0v) is 19.5. The summed E-state index contributed by atoms with van der Waals surface area (Å²) < 4.78 is 1.95. The summed E-state index contributed by atoms with van der Waals surface area (Å²) in [5, 5.41) is 19.9. The van der Waals surface area contributed by atoms with Crippen molar-refractivity contribution in [1.82, 2.24) is 9.78 Å². The molecule has 0 spiro atoms. The highest BCUT2D eigenvalue weighted by atomic mass is 35.5. The predicted molar refractivity (Wildman–Crippen MR) is 126 cm³/mol. The van der Waals surface area contributed by atoms with Crippen LogP contribution in [0.5, 0.6) is 0 Å². The molecular weight excluding hydrogens is 449 g/mol. The summed E-state index contributed by atoms with van der Waals surface area (Å²) in [7, 11) is 0. The third-order valence-electron chi connectivity index (χ3n) is 6.06. The Morgan fingerprint density at radius 1 is 1.16 bits per heavy atom. The molecule has 8 heteroatoms. The molecule has 4 rings (SSSR count). The average Bonchev–Trinajstić information content (AvgIpc) is 3.17. The second kappa shape index (κ2) is 8.85. The number of amides is 1. The number of aromatic nitrogens is 2. The van der Waals surface area contributed by atoms with Gasteiger partial charge in [0.25, 0.3) is 5.91 Å². The fourth-order valence-electron chi connectivity index (χ4n) is 4.22. The van der Waals surface area contributed by atoms with Gasteiger partial charge >= 0.3 is 0 Å². The number of hydrogen-bond donors (Lipinski definition) is 2. The molecule has 0 radical (unpaired) electrons. The molecule has 1 fully saturated rings. The maximum atomic E-state index is 12.9. The monoisotopic (exact) mass is 473 g/mol. The van der Waals surface area contributed by atoms with Gasteiger partial charge in [-0.15, -0.1) is 0 Å². The molecule has 2 N–H and O–H groups in total. The van der Waals surface area contributed by atoms with Crippen molar-refractivity contribution in [1.29, 1.82) is 0 Å². The molecule has 0 bridgehead atoms. The van der Waals surface area contributed by atoms with Crippen molar-refractivity contribution >= 4 is 52.0 Å². The van der Waals surface area contributed by atoms with Crippen LogP contribution in [0.3, 0.4) is 0 Å². The minimum atomic E-state index is -1.19. The van der Waals surface area contributed by atoms with E-state index in [1.165, 1.54) is 6.07 Å². The van der Waals surface area contributed by atoms with E-state index >= 15 is 0 Å². The first kappa shape index (κ1) is 22.8. The second-order valence-electron chi connectivity index (χ2n) is 8.91.